The van der Waals surface area contributed by atoms with E-state index in [1.54, 1.807) is 49.5 Å². The highest BCUT2D eigenvalue weighted by Crippen LogP contribution is 2.23. The molecule has 3 aromatic rings. The molecule has 0 aliphatic rings. The molecule has 0 radical (unpaired) electrons. The van der Waals surface area contributed by atoms with Crippen LogP contribution in [0.25, 0.3) is 0 Å². The highest BCUT2D eigenvalue weighted by Gasteiger charge is 2.14. The number of halogens is 2. The molecule has 3 rings (SSSR count). The number of amides is 1. The highest BCUT2D eigenvalue weighted by atomic mass is 35.5. The lowest BCUT2D eigenvalue weighted by molar-refractivity contribution is 0.102. The van der Waals surface area contributed by atoms with Crippen molar-refractivity contribution in [1.29, 1.82) is 0 Å². The smallest absolute Gasteiger partial charge is 0.263 e. The van der Waals surface area contributed by atoms with Crippen LogP contribution in [0.15, 0.2) is 65.6 Å². The van der Waals surface area contributed by atoms with Gasteiger partial charge in [0, 0.05) is 16.9 Å². The van der Waals surface area contributed by atoms with Gasteiger partial charge in [0.25, 0.3) is 11.5 Å². The zero-order chi connectivity index (χ0) is 18.7. The second-order valence-electron chi connectivity index (χ2n) is 5.85. The summed E-state index contributed by atoms with van der Waals surface area (Å²) in [4.78, 5) is 25.2. The van der Waals surface area contributed by atoms with E-state index in [0.717, 1.165) is 5.56 Å². The molecule has 1 heterocycles. The monoisotopic (exact) mass is 370 g/mol. The molecule has 0 saturated heterocycles. The Morgan fingerprint density at radius 3 is 2.69 bits per heavy atom. The van der Waals surface area contributed by atoms with Crippen LogP contribution in [-0.4, -0.2) is 10.5 Å². The molecule has 0 atom stereocenters. The third kappa shape index (κ3) is 3.83. The number of pyridine rings is 1. The van der Waals surface area contributed by atoms with Crippen molar-refractivity contribution in [2.45, 2.75) is 13.5 Å². The molecule has 0 spiro atoms. The molecular formula is C20H16ClFN2O2. The van der Waals surface area contributed by atoms with E-state index in [1.807, 2.05) is 0 Å². The Bertz CT molecular complexity index is 1030. The summed E-state index contributed by atoms with van der Waals surface area (Å²) >= 11 is 6.06. The molecule has 4 nitrogen and oxygen atoms in total. The van der Waals surface area contributed by atoms with Crippen molar-refractivity contribution in [2.75, 3.05) is 5.32 Å². The Labute approximate surface area is 154 Å². The lowest BCUT2D eigenvalue weighted by Gasteiger charge is -2.11. The van der Waals surface area contributed by atoms with E-state index in [1.165, 1.54) is 22.8 Å². The maximum atomic E-state index is 13.3. The molecule has 0 aliphatic carbocycles. The van der Waals surface area contributed by atoms with E-state index in [9.17, 15) is 14.0 Å². The van der Waals surface area contributed by atoms with Crippen LogP contribution in [-0.2, 0) is 6.54 Å². The standard InChI is InChI=1S/C20H16ClFN2O2/c1-13-17(21)8-3-9-18(13)23-19(25)16-7-4-10-24(20(16)26)12-14-5-2-6-15(22)11-14/h2-11H,12H2,1H3,(H,23,25). The fourth-order valence-electron chi connectivity index (χ4n) is 2.60. The van der Waals surface area contributed by atoms with Crippen molar-refractivity contribution < 1.29 is 9.18 Å². The average molecular weight is 371 g/mol. The van der Waals surface area contributed by atoms with Crippen LogP contribution >= 0.6 is 11.6 Å². The minimum absolute atomic E-state index is 0.00304. The summed E-state index contributed by atoms with van der Waals surface area (Å²) in [5.41, 5.74) is 1.45. The van der Waals surface area contributed by atoms with E-state index < -0.39 is 11.5 Å². The second-order valence-corrected chi connectivity index (χ2v) is 6.26. The van der Waals surface area contributed by atoms with Crippen molar-refractivity contribution in [1.82, 2.24) is 4.57 Å². The Balaban J connectivity index is 1.88. The molecule has 132 valence electrons. The van der Waals surface area contributed by atoms with Crippen molar-refractivity contribution in [3.05, 3.63) is 98.7 Å². The summed E-state index contributed by atoms with van der Waals surface area (Å²) in [6.07, 6.45) is 1.56. The first-order chi connectivity index (χ1) is 12.5. The van der Waals surface area contributed by atoms with Gasteiger partial charge in [-0.25, -0.2) is 4.39 Å². The number of carbonyl (C=O) groups is 1. The van der Waals surface area contributed by atoms with Crippen LogP contribution in [0.2, 0.25) is 5.02 Å². The topological polar surface area (TPSA) is 51.1 Å². The first kappa shape index (κ1) is 17.9. The van der Waals surface area contributed by atoms with Crippen LogP contribution in [0.4, 0.5) is 10.1 Å². The van der Waals surface area contributed by atoms with Crippen molar-refractivity contribution in [3.8, 4) is 0 Å². The van der Waals surface area contributed by atoms with Crippen molar-refractivity contribution >= 4 is 23.2 Å². The highest BCUT2D eigenvalue weighted by molar-refractivity contribution is 6.31. The van der Waals surface area contributed by atoms with Gasteiger partial charge in [-0.15, -0.1) is 0 Å². The van der Waals surface area contributed by atoms with Gasteiger partial charge in [0.2, 0.25) is 0 Å². The van der Waals surface area contributed by atoms with Gasteiger partial charge in [-0.3, -0.25) is 9.59 Å². The fourth-order valence-corrected chi connectivity index (χ4v) is 2.77. The van der Waals surface area contributed by atoms with Crippen LogP contribution in [0.1, 0.15) is 21.5 Å². The summed E-state index contributed by atoms with van der Waals surface area (Å²) < 4.78 is 14.7. The van der Waals surface area contributed by atoms with Crippen LogP contribution in [0.3, 0.4) is 0 Å². The molecule has 0 fully saturated rings. The van der Waals surface area contributed by atoms with Gasteiger partial charge in [0.1, 0.15) is 11.4 Å². The molecule has 0 unspecified atom stereocenters. The zero-order valence-electron chi connectivity index (χ0n) is 14.0. The largest absolute Gasteiger partial charge is 0.322 e. The zero-order valence-corrected chi connectivity index (χ0v) is 14.8. The van der Waals surface area contributed by atoms with E-state index in [-0.39, 0.29) is 17.9 Å². The number of nitrogens with one attached hydrogen (secondary N) is 1. The minimum Gasteiger partial charge on any atom is -0.322 e. The van der Waals surface area contributed by atoms with E-state index >= 15 is 0 Å². The summed E-state index contributed by atoms with van der Waals surface area (Å²) in [6.45, 7) is 1.96. The molecule has 2 aromatic carbocycles. The van der Waals surface area contributed by atoms with Gasteiger partial charge in [-0.1, -0.05) is 29.8 Å². The number of rotatable bonds is 4. The Morgan fingerprint density at radius 2 is 1.92 bits per heavy atom. The van der Waals surface area contributed by atoms with Crippen molar-refractivity contribution in [3.63, 3.8) is 0 Å². The molecule has 1 aromatic heterocycles. The quantitative estimate of drug-likeness (QED) is 0.746. The molecule has 0 bridgehead atoms. The summed E-state index contributed by atoms with van der Waals surface area (Å²) in [5, 5.41) is 3.24. The lowest BCUT2D eigenvalue weighted by Crippen LogP contribution is -2.29. The Morgan fingerprint density at radius 1 is 1.15 bits per heavy atom. The SMILES string of the molecule is Cc1c(Cl)cccc1NC(=O)c1cccn(Cc2cccc(F)c2)c1=O. The van der Waals surface area contributed by atoms with Crippen molar-refractivity contribution in [2.24, 2.45) is 0 Å². The Kier molecular flexibility index (Phi) is 5.19. The first-order valence-electron chi connectivity index (χ1n) is 7.96. The average Bonchev–Trinajstić information content (AvgIpc) is 2.61. The predicted molar refractivity (Wildman–Crippen MR) is 100 cm³/mol. The maximum absolute atomic E-state index is 13.3. The summed E-state index contributed by atoms with van der Waals surface area (Å²) in [6, 6.07) is 14.2. The van der Waals surface area contributed by atoms with E-state index in [0.29, 0.717) is 16.3 Å². The third-order valence-corrected chi connectivity index (χ3v) is 4.43. The lowest BCUT2D eigenvalue weighted by atomic mass is 10.1. The van der Waals surface area contributed by atoms with Gasteiger partial charge in [0.05, 0.1) is 6.54 Å². The first-order valence-corrected chi connectivity index (χ1v) is 8.34. The van der Waals surface area contributed by atoms with Gasteiger partial charge >= 0.3 is 0 Å². The molecule has 0 aliphatic heterocycles. The second kappa shape index (κ2) is 7.54. The maximum Gasteiger partial charge on any atom is 0.263 e. The molecule has 1 amide bonds. The molecule has 26 heavy (non-hydrogen) atoms. The third-order valence-electron chi connectivity index (χ3n) is 4.02. The number of aromatic nitrogens is 1. The molecule has 1 N–H and O–H groups in total. The minimum atomic E-state index is -0.519. The van der Waals surface area contributed by atoms with E-state index in [4.69, 9.17) is 11.6 Å². The van der Waals surface area contributed by atoms with Gasteiger partial charge in [-0.2, -0.15) is 0 Å². The number of hydrogen-bond acceptors (Lipinski definition) is 2. The molecule has 0 saturated carbocycles. The molecule has 6 heteroatoms. The summed E-state index contributed by atoms with van der Waals surface area (Å²) in [7, 11) is 0. The fraction of sp³-hybridized carbons (Fsp3) is 0.100. The van der Waals surface area contributed by atoms with Gasteiger partial charge < -0.3 is 9.88 Å². The molecular weight excluding hydrogens is 355 g/mol. The number of nitrogens with zero attached hydrogens (tertiary/aromatic N) is 1. The Hall–Kier alpha value is -2.92. The van der Waals surface area contributed by atoms with E-state index in [2.05, 4.69) is 5.32 Å². The number of hydrogen-bond donors (Lipinski definition) is 1. The van der Waals surface area contributed by atoms with Gasteiger partial charge in [0.15, 0.2) is 0 Å². The number of benzene rings is 2. The van der Waals surface area contributed by atoms with Crippen LogP contribution in [0.5, 0.6) is 0 Å². The van der Waals surface area contributed by atoms with Crippen LogP contribution < -0.4 is 10.9 Å². The van der Waals surface area contributed by atoms with Crippen LogP contribution in [0, 0.1) is 12.7 Å². The number of anilines is 1. The van der Waals surface area contributed by atoms with Gasteiger partial charge in [-0.05, 0) is 54.4 Å². The normalized spacial score (nSPS) is 10.6. The summed E-state index contributed by atoms with van der Waals surface area (Å²) in [5.74, 6) is -0.894. The number of carbonyl (C=O) groups excluding carboxylic acids is 1. The predicted octanol–water partition coefficient (Wildman–Crippen LogP) is 4.25.